The Kier molecular flexibility index (Phi) is 14.9. The molecule has 4 heterocycles. The molecular weight excluding hydrogens is 917 g/mol. The summed E-state index contributed by atoms with van der Waals surface area (Å²) in [6.45, 7) is 8.64. The van der Waals surface area contributed by atoms with Gasteiger partial charge in [0.05, 0.1) is 19.7 Å². The van der Waals surface area contributed by atoms with Crippen molar-refractivity contribution in [3.63, 3.8) is 0 Å². The lowest BCUT2D eigenvalue weighted by Gasteiger charge is -2.23. The maximum Gasteiger partial charge on any atom is 0.259 e. The Morgan fingerprint density at radius 1 is 0.814 bits per heavy atom. The monoisotopic (exact) mass is 976 g/mol. The van der Waals surface area contributed by atoms with Gasteiger partial charge in [-0.25, -0.2) is 0 Å². The summed E-state index contributed by atoms with van der Waals surface area (Å²) in [6, 6.07) is 29.8. The second-order valence-electron chi connectivity index (χ2n) is 19.1. The molecule has 13 heteroatoms. The Balaban J connectivity index is 0.910. The van der Waals surface area contributed by atoms with Crippen molar-refractivity contribution >= 4 is 74.4 Å². The fourth-order valence-electron chi connectivity index (χ4n) is 9.86. The van der Waals surface area contributed by atoms with Crippen LogP contribution in [-0.2, 0) is 42.1 Å². The van der Waals surface area contributed by atoms with Crippen LogP contribution in [0, 0.1) is 6.92 Å². The second kappa shape index (κ2) is 21.4. The zero-order chi connectivity index (χ0) is 48.9. The third kappa shape index (κ3) is 10.9. The van der Waals surface area contributed by atoms with E-state index in [9.17, 15) is 19.2 Å². The molecule has 0 aliphatic carbocycles. The van der Waals surface area contributed by atoms with Crippen LogP contribution in [0.1, 0.15) is 113 Å². The van der Waals surface area contributed by atoms with Crippen LogP contribution in [0.3, 0.4) is 0 Å². The highest BCUT2D eigenvalue weighted by atomic mass is 33.1. The van der Waals surface area contributed by atoms with E-state index in [0.717, 1.165) is 77.0 Å². The topological polar surface area (TPSA) is 127 Å². The molecule has 5 aromatic carbocycles. The number of carbonyl (C=O) groups excluding carboxylic acids is 4. The molecule has 0 aromatic heterocycles. The van der Waals surface area contributed by atoms with Crippen LogP contribution in [0.25, 0.3) is 6.08 Å². The first-order chi connectivity index (χ1) is 33.9. The van der Waals surface area contributed by atoms with Gasteiger partial charge in [-0.05, 0) is 166 Å². The number of methoxy groups -OCH3 is 1. The maximum absolute atomic E-state index is 14.1. The number of nitrogens with one attached hydrogen (secondary N) is 1. The van der Waals surface area contributed by atoms with Gasteiger partial charge in [0, 0.05) is 57.6 Å². The van der Waals surface area contributed by atoms with Gasteiger partial charge in [-0.1, -0.05) is 70.1 Å². The molecule has 362 valence electrons. The summed E-state index contributed by atoms with van der Waals surface area (Å²) in [7, 11) is 5.06. The van der Waals surface area contributed by atoms with Crippen LogP contribution in [0.15, 0.2) is 102 Å². The minimum atomic E-state index is -0.169. The quantitative estimate of drug-likeness (QED) is 0.0489. The number of aliphatic imine (C=N–C) groups is 1. The highest BCUT2D eigenvalue weighted by Gasteiger charge is 2.38. The Hall–Kier alpha value is -6.31. The van der Waals surface area contributed by atoms with Gasteiger partial charge in [0.15, 0.2) is 17.3 Å². The number of Topliss-reactive ketones (excluding diaryl/α,β-unsaturated/α-hetero) is 1. The van der Waals surface area contributed by atoms with Gasteiger partial charge in [-0.15, -0.1) is 0 Å². The number of ether oxygens (including phenoxy) is 3. The van der Waals surface area contributed by atoms with E-state index in [1.807, 2.05) is 109 Å². The number of ketones is 1. The van der Waals surface area contributed by atoms with Crippen molar-refractivity contribution < 1.29 is 33.4 Å². The first-order valence-corrected chi connectivity index (χ1v) is 26.5. The molecule has 0 spiro atoms. The van der Waals surface area contributed by atoms with Gasteiger partial charge in [0.1, 0.15) is 19.0 Å². The molecule has 0 radical (unpaired) electrons. The number of anilines is 3. The molecule has 5 aromatic rings. The van der Waals surface area contributed by atoms with Crippen molar-refractivity contribution in [3.8, 4) is 17.2 Å². The molecule has 1 N–H and O–H groups in total. The van der Waals surface area contributed by atoms with Crippen molar-refractivity contribution in [1.29, 1.82) is 0 Å². The zero-order valence-electron chi connectivity index (χ0n) is 40.5. The molecule has 70 heavy (non-hydrogen) atoms. The Morgan fingerprint density at radius 3 is 2.26 bits per heavy atom. The van der Waals surface area contributed by atoms with Crippen molar-refractivity contribution in [2.45, 2.75) is 109 Å². The van der Waals surface area contributed by atoms with Crippen LogP contribution in [-0.4, -0.2) is 66.0 Å². The average molecular weight is 977 g/mol. The number of rotatable bonds is 19. The summed E-state index contributed by atoms with van der Waals surface area (Å²) in [4.78, 5) is 61.7. The smallest absolute Gasteiger partial charge is 0.259 e. The van der Waals surface area contributed by atoms with Gasteiger partial charge < -0.3 is 29.3 Å². The molecule has 0 bridgehead atoms. The third-order valence-electron chi connectivity index (χ3n) is 13.5. The molecule has 4 aliphatic heterocycles. The Morgan fingerprint density at radius 2 is 1.51 bits per heavy atom. The molecule has 4 aliphatic rings. The summed E-state index contributed by atoms with van der Waals surface area (Å²) in [6.07, 6.45) is 11.3. The number of benzene rings is 5. The van der Waals surface area contributed by atoms with Crippen molar-refractivity contribution in [3.05, 3.63) is 147 Å². The summed E-state index contributed by atoms with van der Waals surface area (Å²) in [5.74, 6) is 2.50. The van der Waals surface area contributed by atoms with E-state index in [-0.39, 0.29) is 60.1 Å². The number of aryl methyl sites for hydroxylation is 2. The van der Waals surface area contributed by atoms with Gasteiger partial charge in [0.2, 0.25) is 5.91 Å². The molecule has 11 nitrogen and oxygen atoms in total. The lowest BCUT2D eigenvalue weighted by atomic mass is 9.99. The van der Waals surface area contributed by atoms with Gasteiger partial charge in [-0.3, -0.25) is 24.2 Å². The number of hydrogen-bond acceptors (Lipinski definition) is 10. The lowest BCUT2D eigenvalue weighted by molar-refractivity contribution is -0.118. The first kappa shape index (κ1) is 48.7. The molecule has 0 fully saturated rings. The van der Waals surface area contributed by atoms with Gasteiger partial charge >= 0.3 is 0 Å². The largest absolute Gasteiger partial charge is 0.493 e. The normalized spacial score (nSPS) is 16.7. The van der Waals surface area contributed by atoms with Crippen molar-refractivity contribution in [2.24, 2.45) is 4.99 Å². The first-order valence-electron chi connectivity index (χ1n) is 24.2. The fraction of sp³-hybridized carbons (Fsp3) is 0.351. The van der Waals surface area contributed by atoms with Crippen LogP contribution >= 0.6 is 21.6 Å². The molecule has 9 rings (SSSR count). The van der Waals surface area contributed by atoms with Crippen LogP contribution in [0.4, 0.5) is 17.1 Å². The van der Waals surface area contributed by atoms with Crippen LogP contribution < -0.4 is 29.3 Å². The highest BCUT2D eigenvalue weighted by molar-refractivity contribution is 8.77. The minimum Gasteiger partial charge on any atom is -0.493 e. The molecule has 0 unspecified atom stereocenters. The summed E-state index contributed by atoms with van der Waals surface area (Å²) >= 11 is 0. The summed E-state index contributed by atoms with van der Waals surface area (Å²) in [5, 5.41) is 3.16. The third-order valence-corrected chi connectivity index (χ3v) is 16.9. The molecule has 0 saturated carbocycles. The predicted molar refractivity (Wildman–Crippen MR) is 283 cm³/mol. The summed E-state index contributed by atoms with van der Waals surface area (Å²) < 4.78 is 18.8. The van der Waals surface area contributed by atoms with Gasteiger partial charge in [0.25, 0.3) is 11.8 Å². The van der Waals surface area contributed by atoms with E-state index in [4.69, 9.17) is 14.2 Å². The van der Waals surface area contributed by atoms with E-state index >= 15 is 0 Å². The Labute approximate surface area is 418 Å². The molecule has 0 saturated heterocycles. The fourth-order valence-corrected chi connectivity index (χ4v) is 12.5. The number of hydrogen-bond donors (Lipinski definition) is 1. The predicted octanol–water partition coefficient (Wildman–Crippen LogP) is 11.6. The van der Waals surface area contributed by atoms with Crippen LogP contribution in [0.5, 0.6) is 17.2 Å². The number of nitrogens with zero attached hydrogens (tertiary/aromatic N) is 3. The number of amides is 3. The van der Waals surface area contributed by atoms with E-state index < -0.39 is 0 Å². The number of para-hydroxylation sites is 2. The second-order valence-corrected chi connectivity index (χ2v) is 22.2. The minimum absolute atomic E-state index is 0.0240. The number of fused-ring (bicyclic) bond motifs is 8. The molecular formula is C57H60N4O7S2. The van der Waals surface area contributed by atoms with E-state index in [1.54, 1.807) is 34.9 Å². The zero-order valence-corrected chi connectivity index (χ0v) is 42.2. The standard InChI is InChI=1S/C57H60N4O7S2/c1-6-58-33-46(62)14-11-23-69-70-57(3,4)22-21-54(63)59-43-26-37(34-67-51-30-39-17-19-44-28-41-12-7-9-15-49(41)60(44)55(64)47(39)24-36(51)2)25-38(27-43)35-68-53-31-40-18-20-45-29-42-13-8-10-16-50(42)61(45)56(65)48(40)32-52(53)66-5/h6-10,12-13,15-17,19,24-27,30-32,44-45H,11,14,18,20-23,28-29,33-35H2,1-5H3,(H,59,63)/t44-,45-/m1/s1. The van der Waals surface area contributed by atoms with E-state index in [0.29, 0.717) is 53.3 Å². The van der Waals surface area contributed by atoms with E-state index in [2.05, 4.69) is 42.4 Å². The van der Waals surface area contributed by atoms with Crippen molar-refractivity contribution in [2.75, 3.05) is 34.5 Å². The van der Waals surface area contributed by atoms with Gasteiger partial charge in [-0.2, -0.15) is 0 Å². The van der Waals surface area contributed by atoms with Crippen LogP contribution in [0.2, 0.25) is 0 Å². The van der Waals surface area contributed by atoms with Crippen molar-refractivity contribution in [1.82, 2.24) is 0 Å². The Bertz CT molecular complexity index is 2890. The number of carbonyl (C=O) groups is 4. The molecule has 2 atom stereocenters. The summed E-state index contributed by atoms with van der Waals surface area (Å²) in [5.41, 5.74) is 10.4. The lowest BCUT2D eigenvalue weighted by Crippen LogP contribution is -2.36. The SMILES string of the molecule is CC=NCC(=O)CCCSSC(C)(C)CCC(=O)Nc1cc(COc2cc3c(cc2C)C(=O)N2c4ccccc4C[C@H]2C=C3)cc(COc2cc3c(cc2OC)C(=O)N2c4ccccc4C[C@H]2CC3)c1. The average Bonchev–Trinajstić information content (AvgIpc) is 3.85. The van der Waals surface area contributed by atoms with E-state index in [1.165, 1.54) is 11.1 Å². The maximum atomic E-state index is 14.1. The highest BCUT2D eigenvalue weighted by Crippen LogP contribution is 2.43. The molecule has 3 amide bonds.